The quantitative estimate of drug-likeness (QED) is 0.486. The Hall–Kier alpha value is -3.36. The van der Waals surface area contributed by atoms with Crippen molar-refractivity contribution in [3.8, 4) is 6.07 Å². The fraction of sp³-hybridized carbons (Fsp3) is 0.273. The van der Waals surface area contributed by atoms with Gasteiger partial charge in [-0.05, 0) is 69.0 Å². The summed E-state index contributed by atoms with van der Waals surface area (Å²) in [6.07, 6.45) is 2.84. The highest BCUT2D eigenvalue weighted by atomic mass is 32.2. The number of hydrogen-bond donors (Lipinski definition) is 2. The predicted molar refractivity (Wildman–Crippen MR) is 123 cm³/mol. The highest BCUT2D eigenvalue weighted by Gasteiger charge is 2.22. The van der Waals surface area contributed by atoms with Gasteiger partial charge in [0.2, 0.25) is 5.91 Å². The topological polar surface area (TPSA) is 138 Å². The maximum Gasteiger partial charge on any atom is 0.263 e. The lowest BCUT2D eigenvalue weighted by molar-refractivity contribution is -0.115. The van der Waals surface area contributed by atoms with Gasteiger partial charge in [-0.15, -0.1) is 0 Å². The second kappa shape index (κ2) is 9.25. The zero-order valence-corrected chi connectivity index (χ0v) is 19.6. The average Bonchev–Trinajstić information content (AvgIpc) is 3.41. The van der Waals surface area contributed by atoms with Gasteiger partial charge in [-0.2, -0.15) is 5.26 Å². The number of thioether (sulfide) groups is 1. The Morgan fingerprint density at radius 1 is 1.24 bits per heavy atom. The number of hydrogen-bond acceptors (Lipinski definition) is 8. The number of sulfonamides is 1. The summed E-state index contributed by atoms with van der Waals surface area (Å²) in [5.41, 5.74) is 3.03. The molecule has 2 aromatic heterocycles. The Morgan fingerprint density at radius 2 is 2.00 bits per heavy atom. The summed E-state index contributed by atoms with van der Waals surface area (Å²) in [5, 5.41) is 15.9. The van der Waals surface area contributed by atoms with Crippen molar-refractivity contribution in [2.24, 2.45) is 0 Å². The summed E-state index contributed by atoms with van der Waals surface area (Å²) in [7, 11) is -3.84. The number of nitrogens with one attached hydrogen (secondary N) is 2. The Kier molecular flexibility index (Phi) is 6.40. The molecular weight excluding hydrogens is 462 g/mol. The first-order valence-corrected chi connectivity index (χ1v) is 12.6. The van der Waals surface area contributed by atoms with E-state index in [1.165, 1.54) is 42.1 Å². The van der Waals surface area contributed by atoms with Crippen LogP contribution in [0.5, 0.6) is 0 Å². The summed E-state index contributed by atoms with van der Waals surface area (Å²) in [5.74, 6) is 0.292. The third-order valence-electron chi connectivity index (χ3n) is 5.09. The van der Waals surface area contributed by atoms with Crippen molar-refractivity contribution in [2.45, 2.75) is 48.3 Å². The van der Waals surface area contributed by atoms with E-state index in [4.69, 9.17) is 4.52 Å². The number of anilines is 2. The number of nitriles is 1. The van der Waals surface area contributed by atoms with Crippen LogP contribution < -0.4 is 10.0 Å². The third-order valence-corrected chi connectivity index (χ3v) is 7.57. The van der Waals surface area contributed by atoms with E-state index in [1.54, 1.807) is 13.8 Å². The Morgan fingerprint density at radius 3 is 2.67 bits per heavy atom. The lowest BCUT2D eigenvalue weighted by Gasteiger charge is -2.13. The minimum Gasteiger partial charge on any atom is -0.360 e. The predicted octanol–water partition coefficient (Wildman–Crippen LogP) is 3.66. The van der Waals surface area contributed by atoms with Crippen LogP contribution in [0.15, 0.2) is 50.8 Å². The average molecular weight is 484 g/mol. The van der Waals surface area contributed by atoms with Gasteiger partial charge in [0.05, 0.1) is 15.7 Å². The van der Waals surface area contributed by atoms with Gasteiger partial charge < -0.3 is 9.84 Å². The van der Waals surface area contributed by atoms with Gasteiger partial charge in [-0.25, -0.2) is 13.4 Å². The van der Waals surface area contributed by atoms with Crippen LogP contribution in [0.4, 0.5) is 11.5 Å². The summed E-state index contributed by atoms with van der Waals surface area (Å²) < 4.78 is 32.2. The van der Waals surface area contributed by atoms with Crippen LogP contribution in [0.2, 0.25) is 0 Å². The van der Waals surface area contributed by atoms with Gasteiger partial charge >= 0.3 is 0 Å². The molecule has 0 aliphatic heterocycles. The maximum atomic E-state index is 12.7. The number of amides is 1. The van der Waals surface area contributed by atoms with Crippen LogP contribution in [-0.2, 0) is 27.7 Å². The first-order chi connectivity index (χ1) is 15.7. The molecule has 11 heteroatoms. The SMILES string of the molecule is Cc1cc(NS(=O)(=O)c2ccc(NC(=O)C(C)Sc3nc4c(cc3C#N)CCC4)cc2)no1. The largest absolute Gasteiger partial charge is 0.360 e. The fourth-order valence-electron chi connectivity index (χ4n) is 3.42. The van der Waals surface area contributed by atoms with E-state index in [1.807, 2.05) is 6.07 Å². The second-order valence-electron chi connectivity index (χ2n) is 7.61. The van der Waals surface area contributed by atoms with E-state index in [2.05, 4.69) is 26.2 Å². The minimum absolute atomic E-state index is 0.0181. The monoisotopic (exact) mass is 483 g/mol. The lowest BCUT2D eigenvalue weighted by Crippen LogP contribution is -2.22. The molecule has 33 heavy (non-hydrogen) atoms. The van der Waals surface area contributed by atoms with E-state index in [9.17, 15) is 18.5 Å². The molecule has 0 saturated heterocycles. The van der Waals surface area contributed by atoms with E-state index in [0.717, 1.165) is 30.5 Å². The molecule has 1 atom stereocenters. The van der Waals surface area contributed by atoms with Crippen molar-refractivity contribution < 1.29 is 17.7 Å². The van der Waals surface area contributed by atoms with E-state index < -0.39 is 15.3 Å². The molecule has 3 aromatic rings. The number of aryl methyl sites for hydroxylation is 3. The van der Waals surface area contributed by atoms with Crippen LogP contribution in [0.1, 0.15) is 35.9 Å². The Bertz CT molecular complexity index is 1340. The van der Waals surface area contributed by atoms with Crippen LogP contribution in [0.3, 0.4) is 0 Å². The maximum absolute atomic E-state index is 12.7. The van der Waals surface area contributed by atoms with Crippen molar-refractivity contribution in [3.63, 3.8) is 0 Å². The number of fused-ring (bicyclic) bond motifs is 1. The highest BCUT2D eigenvalue weighted by Crippen LogP contribution is 2.30. The van der Waals surface area contributed by atoms with Crippen LogP contribution in [0.25, 0.3) is 0 Å². The number of nitrogens with zero attached hydrogens (tertiary/aromatic N) is 3. The van der Waals surface area contributed by atoms with Gasteiger partial charge in [-0.3, -0.25) is 9.52 Å². The van der Waals surface area contributed by atoms with E-state index >= 15 is 0 Å². The van der Waals surface area contributed by atoms with Crippen molar-refractivity contribution >= 4 is 39.2 Å². The number of rotatable bonds is 7. The zero-order valence-electron chi connectivity index (χ0n) is 18.0. The molecule has 0 bridgehead atoms. The second-order valence-corrected chi connectivity index (χ2v) is 10.6. The van der Waals surface area contributed by atoms with Crippen molar-refractivity contribution in [2.75, 3.05) is 10.0 Å². The Balaban J connectivity index is 1.41. The van der Waals surface area contributed by atoms with Crippen molar-refractivity contribution in [1.29, 1.82) is 5.26 Å². The molecule has 9 nitrogen and oxygen atoms in total. The number of aromatic nitrogens is 2. The molecule has 2 N–H and O–H groups in total. The molecule has 0 radical (unpaired) electrons. The first kappa shape index (κ1) is 22.8. The molecule has 1 amide bonds. The molecule has 170 valence electrons. The molecule has 1 aliphatic carbocycles. The molecular formula is C22H21N5O4S2. The summed E-state index contributed by atoms with van der Waals surface area (Å²) in [4.78, 5) is 17.3. The molecule has 1 aromatic carbocycles. The number of pyridine rings is 1. The fourth-order valence-corrected chi connectivity index (χ4v) is 5.30. The number of carbonyl (C=O) groups is 1. The summed E-state index contributed by atoms with van der Waals surface area (Å²) in [6, 6.07) is 11.3. The van der Waals surface area contributed by atoms with Gasteiger partial charge in [0, 0.05) is 17.4 Å². The normalized spacial score (nSPS) is 13.7. The first-order valence-electron chi connectivity index (χ1n) is 10.2. The molecule has 1 aliphatic rings. The zero-order chi connectivity index (χ0) is 23.6. The van der Waals surface area contributed by atoms with Crippen molar-refractivity contribution in [3.05, 3.63) is 59.0 Å². The standard InChI is InChI=1S/C22H21N5O4S2/c1-13-10-20(26-31-13)27-33(29,30)18-8-6-17(7-9-18)24-21(28)14(2)32-22-16(12-23)11-15-4-3-5-19(15)25-22/h6-11,14H,3-5H2,1-2H3,(H,24,28)(H,26,27). The van der Waals surface area contributed by atoms with Crippen LogP contribution >= 0.6 is 11.8 Å². The molecule has 2 heterocycles. The number of benzene rings is 1. The minimum atomic E-state index is -3.84. The van der Waals surface area contributed by atoms with Gasteiger partial charge in [-0.1, -0.05) is 16.9 Å². The summed E-state index contributed by atoms with van der Waals surface area (Å²) >= 11 is 1.23. The van der Waals surface area contributed by atoms with E-state index in [-0.39, 0.29) is 16.6 Å². The molecule has 0 saturated carbocycles. The van der Waals surface area contributed by atoms with Gasteiger partial charge in [0.15, 0.2) is 5.82 Å². The smallest absolute Gasteiger partial charge is 0.263 e. The summed E-state index contributed by atoms with van der Waals surface area (Å²) in [6.45, 7) is 3.39. The molecule has 4 rings (SSSR count). The lowest BCUT2D eigenvalue weighted by atomic mass is 10.2. The van der Waals surface area contributed by atoms with Crippen molar-refractivity contribution in [1.82, 2.24) is 10.1 Å². The van der Waals surface area contributed by atoms with Crippen LogP contribution in [-0.4, -0.2) is 29.7 Å². The molecule has 0 fully saturated rings. The third kappa shape index (κ3) is 5.18. The highest BCUT2D eigenvalue weighted by molar-refractivity contribution is 8.00. The Labute approximate surface area is 195 Å². The molecule has 1 unspecified atom stereocenters. The van der Waals surface area contributed by atoms with E-state index in [0.29, 0.717) is 22.0 Å². The van der Waals surface area contributed by atoms with Gasteiger partial charge in [0.1, 0.15) is 16.9 Å². The van der Waals surface area contributed by atoms with Gasteiger partial charge in [0.25, 0.3) is 10.0 Å². The number of carbonyl (C=O) groups excluding carboxylic acids is 1. The van der Waals surface area contributed by atoms with Crippen LogP contribution in [0, 0.1) is 18.3 Å². The molecule has 0 spiro atoms.